The standard InChI is InChI=1S/C54H32N6O/c1-3-13-33(14-4-1)34-23-27-38(28-24-34)52-56-51(37-16-5-2-6-17-37)57-53(58-52)59-44-21-11-9-19-40(44)42-30-31-43-41-20-10-12-22-45(41)60(50(43)49(42)59)54-55-48-46(61-54)32-29-36-26-25-35-15-7-8-18-39(35)47(36)48/h1-32H. The molecule has 7 heteroatoms. The fraction of sp³-hybridized carbons (Fsp3) is 0. The van der Waals surface area contributed by atoms with Crippen LogP contribution in [-0.4, -0.2) is 29.1 Å². The molecule has 0 saturated heterocycles. The van der Waals surface area contributed by atoms with E-state index in [2.05, 4.69) is 161 Å². The van der Waals surface area contributed by atoms with Crippen molar-refractivity contribution < 1.29 is 4.42 Å². The van der Waals surface area contributed by atoms with Crippen molar-refractivity contribution in [1.29, 1.82) is 0 Å². The van der Waals surface area contributed by atoms with E-state index in [4.69, 9.17) is 24.4 Å². The normalized spacial score (nSPS) is 11.9. The molecule has 0 spiro atoms. The minimum Gasteiger partial charge on any atom is -0.423 e. The summed E-state index contributed by atoms with van der Waals surface area (Å²) in [4.78, 5) is 21.1. The fourth-order valence-corrected chi connectivity index (χ4v) is 9.22. The van der Waals surface area contributed by atoms with Gasteiger partial charge >= 0.3 is 6.01 Å². The second-order valence-electron chi connectivity index (χ2n) is 15.4. The summed E-state index contributed by atoms with van der Waals surface area (Å²) >= 11 is 0. The molecule has 13 aromatic rings. The lowest BCUT2D eigenvalue weighted by Crippen LogP contribution is -2.07. The maximum absolute atomic E-state index is 6.85. The van der Waals surface area contributed by atoms with E-state index in [1.807, 2.05) is 42.5 Å². The summed E-state index contributed by atoms with van der Waals surface area (Å²) in [5, 5.41) is 8.81. The first-order chi connectivity index (χ1) is 30.2. The van der Waals surface area contributed by atoms with Crippen molar-refractivity contribution >= 4 is 76.3 Å². The Morgan fingerprint density at radius 1 is 0.344 bits per heavy atom. The summed E-state index contributed by atoms with van der Waals surface area (Å²) in [5.74, 6) is 1.69. The molecule has 284 valence electrons. The number of fused-ring (bicyclic) bond motifs is 12. The Morgan fingerprint density at radius 2 is 0.852 bits per heavy atom. The quantitative estimate of drug-likeness (QED) is 0.163. The van der Waals surface area contributed by atoms with E-state index >= 15 is 0 Å². The van der Waals surface area contributed by atoms with Crippen LogP contribution in [0, 0.1) is 0 Å². The van der Waals surface area contributed by atoms with Crippen molar-refractivity contribution in [2.75, 3.05) is 0 Å². The number of rotatable bonds is 5. The lowest BCUT2D eigenvalue weighted by atomic mass is 10.0. The van der Waals surface area contributed by atoms with E-state index in [9.17, 15) is 0 Å². The van der Waals surface area contributed by atoms with Crippen LogP contribution in [0.5, 0.6) is 0 Å². The van der Waals surface area contributed by atoms with Crippen molar-refractivity contribution in [2.24, 2.45) is 0 Å². The molecular formula is C54H32N6O. The Balaban J connectivity index is 1.12. The first kappa shape index (κ1) is 33.5. The number of hydrogen-bond acceptors (Lipinski definition) is 5. The maximum atomic E-state index is 6.85. The lowest BCUT2D eigenvalue weighted by Gasteiger charge is -2.12. The van der Waals surface area contributed by atoms with Crippen LogP contribution in [-0.2, 0) is 0 Å². The number of para-hydroxylation sites is 2. The van der Waals surface area contributed by atoms with E-state index in [-0.39, 0.29) is 0 Å². The smallest absolute Gasteiger partial charge is 0.307 e. The van der Waals surface area contributed by atoms with Gasteiger partial charge in [0.25, 0.3) is 0 Å². The largest absolute Gasteiger partial charge is 0.423 e. The van der Waals surface area contributed by atoms with Crippen molar-refractivity contribution in [3.05, 3.63) is 194 Å². The SMILES string of the molecule is c1ccc(-c2ccc(-c3nc(-c4ccccc4)nc(-n4c5ccccc5c5ccc6c7ccccc7n(-c7nc8c(ccc9ccc%10ccccc%10c98)o7)c6c54)n3)cc2)cc1. The van der Waals surface area contributed by atoms with Gasteiger partial charge in [-0.3, -0.25) is 9.13 Å². The maximum Gasteiger partial charge on any atom is 0.307 e. The molecular weight excluding hydrogens is 749 g/mol. The molecule has 0 unspecified atom stereocenters. The van der Waals surface area contributed by atoms with Crippen LogP contribution in [0.3, 0.4) is 0 Å². The van der Waals surface area contributed by atoms with Crippen LogP contribution in [0.25, 0.3) is 122 Å². The Labute approximate surface area is 348 Å². The molecule has 0 aliphatic heterocycles. The van der Waals surface area contributed by atoms with E-state index in [1.54, 1.807) is 0 Å². The first-order valence-corrected chi connectivity index (χ1v) is 20.4. The van der Waals surface area contributed by atoms with Gasteiger partial charge in [-0.25, -0.2) is 4.98 Å². The zero-order valence-electron chi connectivity index (χ0n) is 32.6. The Morgan fingerprint density at radius 3 is 1.56 bits per heavy atom. The first-order valence-electron chi connectivity index (χ1n) is 20.4. The van der Waals surface area contributed by atoms with Gasteiger partial charge in [-0.2, -0.15) is 15.0 Å². The number of aromatic nitrogens is 6. The van der Waals surface area contributed by atoms with Gasteiger partial charge in [-0.15, -0.1) is 0 Å². The third-order valence-corrected chi connectivity index (χ3v) is 12.0. The molecule has 0 aliphatic carbocycles. The van der Waals surface area contributed by atoms with E-state index < -0.39 is 0 Å². The minimum atomic E-state index is 0.491. The number of hydrogen-bond donors (Lipinski definition) is 0. The van der Waals surface area contributed by atoms with Crippen LogP contribution in [0.1, 0.15) is 0 Å². The molecule has 0 saturated carbocycles. The molecule has 0 bridgehead atoms. The summed E-state index contributed by atoms with van der Waals surface area (Å²) < 4.78 is 11.2. The minimum absolute atomic E-state index is 0.491. The molecule has 9 aromatic carbocycles. The van der Waals surface area contributed by atoms with Crippen molar-refractivity contribution in [3.8, 4) is 45.9 Å². The molecule has 0 aliphatic rings. The highest BCUT2D eigenvalue weighted by Crippen LogP contribution is 2.42. The Bertz CT molecular complexity index is 3870. The van der Waals surface area contributed by atoms with Crippen molar-refractivity contribution in [1.82, 2.24) is 29.1 Å². The molecule has 4 heterocycles. The summed E-state index contributed by atoms with van der Waals surface area (Å²) in [5.41, 5.74) is 9.50. The third-order valence-electron chi connectivity index (χ3n) is 12.0. The zero-order chi connectivity index (χ0) is 40.0. The molecule has 0 fully saturated rings. The molecule has 0 radical (unpaired) electrons. The average molecular weight is 781 g/mol. The predicted molar refractivity (Wildman–Crippen MR) is 247 cm³/mol. The van der Waals surface area contributed by atoms with Crippen LogP contribution < -0.4 is 0 Å². The number of oxazole rings is 1. The fourth-order valence-electron chi connectivity index (χ4n) is 9.22. The van der Waals surface area contributed by atoms with Gasteiger partial charge in [0.2, 0.25) is 5.95 Å². The monoisotopic (exact) mass is 780 g/mol. The van der Waals surface area contributed by atoms with Gasteiger partial charge in [0.1, 0.15) is 5.52 Å². The molecule has 13 rings (SSSR count). The molecule has 0 atom stereocenters. The zero-order valence-corrected chi connectivity index (χ0v) is 32.6. The van der Waals surface area contributed by atoms with E-state index in [1.165, 1.54) is 0 Å². The lowest BCUT2D eigenvalue weighted by molar-refractivity contribution is 0.574. The van der Waals surface area contributed by atoms with Gasteiger partial charge in [-0.1, -0.05) is 176 Å². The number of benzene rings is 9. The predicted octanol–water partition coefficient (Wildman–Crippen LogP) is 13.5. The summed E-state index contributed by atoms with van der Waals surface area (Å²) in [6.45, 7) is 0. The summed E-state index contributed by atoms with van der Waals surface area (Å²) in [6, 6.07) is 67.8. The highest BCUT2D eigenvalue weighted by molar-refractivity contribution is 6.24. The van der Waals surface area contributed by atoms with Gasteiger partial charge in [0, 0.05) is 38.1 Å². The van der Waals surface area contributed by atoms with E-state index in [0.717, 1.165) is 98.5 Å². The molecule has 61 heavy (non-hydrogen) atoms. The average Bonchev–Trinajstić information content (AvgIpc) is 4.02. The Hall–Kier alpha value is -8.42. The topological polar surface area (TPSA) is 74.6 Å². The second-order valence-corrected chi connectivity index (χ2v) is 15.4. The van der Waals surface area contributed by atoms with E-state index in [0.29, 0.717) is 23.6 Å². The highest BCUT2D eigenvalue weighted by atomic mass is 16.4. The van der Waals surface area contributed by atoms with Crippen LogP contribution in [0.15, 0.2) is 199 Å². The summed E-state index contributed by atoms with van der Waals surface area (Å²) in [6.07, 6.45) is 0. The van der Waals surface area contributed by atoms with Gasteiger partial charge in [0.05, 0.1) is 22.1 Å². The van der Waals surface area contributed by atoms with Crippen LogP contribution >= 0.6 is 0 Å². The number of nitrogens with zero attached hydrogens (tertiary/aromatic N) is 6. The van der Waals surface area contributed by atoms with Gasteiger partial charge < -0.3 is 4.42 Å². The molecule has 4 aromatic heterocycles. The van der Waals surface area contributed by atoms with Crippen LogP contribution in [0.4, 0.5) is 0 Å². The van der Waals surface area contributed by atoms with Gasteiger partial charge in [-0.05, 0) is 45.5 Å². The van der Waals surface area contributed by atoms with Crippen molar-refractivity contribution in [3.63, 3.8) is 0 Å². The summed E-state index contributed by atoms with van der Waals surface area (Å²) in [7, 11) is 0. The second kappa shape index (κ2) is 13.0. The van der Waals surface area contributed by atoms with Gasteiger partial charge in [0.15, 0.2) is 17.2 Å². The molecule has 0 N–H and O–H groups in total. The Kier molecular flexibility index (Phi) is 7.17. The van der Waals surface area contributed by atoms with Crippen LogP contribution in [0.2, 0.25) is 0 Å². The highest BCUT2D eigenvalue weighted by Gasteiger charge is 2.25. The third kappa shape index (κ3) is 5.11. The molecule has 0 amide bonds. The molecule has 7 nitrogen and oxygen atoms in total. The van der Waals surface area contributed by atoms with Crippen molar-refractivity contribution in [2.45, 2.75) is 0 Å².